The van der Waals surface area contributed by atoms with E-state index in [-0.39, 0.29) is 29.4 Å². The number of carbonyl (C=O) groups is 1. The van der Waals surface area contributed by atoms with E-state index in [1.54, 1.807) is 24.3 Å². The quantitative estimate of drug-likeness (QED) is 0.606. The van der Waals surface area contributed by atoms with Crippen molar-refractivity contribution in [3.05, 3.63) is 89.4 Å². The van der Waals surface area contributed by atoms with Gasteiger partial charge in [-0.3, -0.25) is 4.79 Å². The lowest BCUT2D eigenvalue weighted by molar-refractivity contribution is 0.0658. The van der Waals surface area contributed by atoms with Gasteiger partial charge in [-0.05, 0) is 73.2 Å². The first-order valence-corrected chi connectivity index (χ1v) is 12.0. The Labute approximate surface area is 181 Å². The van der Waals surface area contributed by atoms with E-state index >= 15 is 0 Å². The molecule has 1 saturated carbocycles. The first kappa shape index (κ1) is 20.0. The molecule has 1 amide bonds. The van der Waals surface area contributed by atoms with E-state index in [1.165, 1.54) is 29.5 Å². The smallest absolute Gasteiger partial charge is 0.254 e. The highest BCUT2D eigenvalue weighted by molar-refractivity contribution is 7.89. The lowest BCUT2D eigenvalue weighted by atomic mass is 10.1. The van der Waals surface area contributed by atoms with Gasteiger partial charge < -0.3 is 9.32 Å². The molecule has 1 atom stereocenters. The summed E-state index contributed by atoms with van der Waals surface area (Å²) in [5.74, 6) is 0.504. The Morgan fingerprint density at radius 1 is 1.00 bits per heavy atom. The number of benzene rings is 2. The van der Waals surface area contributed by atoms with Crippen LogP contribution in [0.15, 0.2) is 76.2 Å². The second kappa shape index (κ2) is 7.98. The highest BCUT2D eigenvalue weighted by Crippen LogP contribution is 2.42. The van der Waals surface area contributed by atoms with E-state index in [1.807, 2.05) is 17.0 Å². The lowest BCUT2D eigenvalue weighted by Gasteiger charge is -2.30. The van der Waals surface area contributed by atoms with Gasteiger partial charge in [-0.15, -0.1) is 0 Å². The third-order valence-corrected chi connectivity index (χ3v) is 7.46. The molecule has 3 aromatic rings. The van der Waals surface area contributed by atoms with Crippen molar-refractivity contribution in [3.8, 4) is 0 Å². The molecular weight excluding hydrogens is 412 g/mol. The number of nitrogens with one attached hydrogen (secondary N) is 1. The second-order valence-electron chi connectivity index (χ2n) is 8.13. The number of fused-ring (bicyclic) bond motifs is 1. The van der Waals surface area contributed by atoms with Crippen molar-refractivity contribution < 1.29 is 17.6 Å². The number of sulfonamides is 1. The highest BCUT2D eigenvalue weighted by Gasteiger charge is 2.40. The number of furan rings is 1. The maximum Gasteiger partial charge on any atom is 0.254 e. The average molecular weight is 437 g/mol. The van der Waals surface area contributed by atoms with Crippen molar-refractivity contribution >= 4 is 15.9 Å². The molecule has 1 fully saturated rings. The van der Waals surface area contributed by atoms with E-state index in [9.17, 15) is 13.2 Å². The van der Waals surface area contributed by atoms with Crippen LogP contribution in [-0.4, -0.2) is 25.3 Å². The fraction of sp³-hybridized carbons (Fsp3) is 0.292. The summed E-state index contributed by atoms with van der Waals surface area (Å²) in [6, 6.07) is 18.3. The van der Waals surface area contributed by atoms with Crippen molar-refractivity contribution in [2.24, 2.45) is 0 Å². The van der Waals surface area contributed by atoms with Crippen LogP contribution in [0.4, 0.5) is 0 Å². The fourth-order valence-corrected chi connectivity index (χ4v) is 5.32. The molecule has 0 radical (unpaired) electrons. The predicted molar refractivity (Wildman–Crippen MR) is 116 cm³/mol. The number of carbonyl (C=O) groups excluding carboxylic acids is 1. The first-order chi connectivity index (χ1) is 15.0. The molecule has 0 aliphatic heterocycles. The molecule has 2 aliphatic rings. The van der Waals surface area contributed by atoms with Gasteiger partial charge in [0.25, 0.3) is 5.91 Å². The van der Waals surface area contributed by atoms with Gasteiger partial charge >= 0.3 is 0 Å². The maximum atomic E-state index is 13.4. The minimum Gasteiger partial charge on any atom is -0.468 e. The Morgan fingerprint density at radius 3 is 2.48 bits per heavy atom. The number of amides is 1. The number of nitrogens with zero attached hydrogens (tertiary/aromatic N) is 1. The van der Waals surface area contributed by atoms with Crippen molar-refractivity contribution in [2.75, 3.05) is 0 Å². The summed E-state index contributed by atoms with van der Waals surface area (Å²) in [5.41, 5.74) is 3.07. The van der Waals surface area contributed by atoms with Crippen molar-refractivity contribution in [3.63, 3.8) is 0 Å². The summed E-state index contributed by atoms with van der Waals surface area (Å²) in [4.78, 5) is 15.6. The number of aryl methyl sites for hydroxylation is 1. The van der Waals surface area contributed by atoms with Gasteiger partial charge in [-0.2, -0.15) is 0 Å². The van der Waals surface area contributed by atoms with Crippen molar-refractivity contribution in [1.82, 2.24) is 9.62 Å². The molecule has 0 spiro atoms. The molecule has 2 aliphatic carbocycles. The molecule has 1 unspecified atom stereocenters. The fourth-order valence-electron chi connectivity index (χ4n) is 4.33. The van der Waals surface area contributed by atoms with Gasteiger partial charge in [0, 0.05) is 11.6 Å². The van der Waals surface area contributed by atoms with Gasteiger partial charge in [0.15, 0.2) is 0 Å². The van der Waals surface area contributed by atoms with Crippen LogP contribution >= 0.6 is 0 Å². The lowest BCUT2D eigenvalue weighted by Crippen LogP contribution is -2.36. The standard InChI is InChI=1S/C24H24N2O4S/c27-24(26(19-10-11-19)23-14-9-17-4-1-2-6-22(17)23)18-7-12-21(13-8-18)31(28,29)25-16-20-5-3-15-30-20/h1-8,12-13,15,19,23,25H,9-11,14,16H2. The van der Waals surface area contributed by atoms with Gasteiger partial charge in [0.2, 0.25) is 10.0 Å². The average Bonchev–Trinajstić information content (AvgIpc) is 3.31. The molecule has 7 heteroatoms. The van der Waals surface area contributed by atoms with E-state index in [4.69, 9.17) is 4.42 Å². The van der Waals surface area contributed by atoms with E-state index in [0.29, 0.717) is 11.3 Å². The van der Waals surface area contributed by atoms with Crippen LogP contribution in [0.3, 0.4) is 0 Å². The van der Waals surface area contributed by atoms with Gasteiger partial charge in [0.1, 0.15) is 5.76 Å². The van der Waals surface area contributed by atoms with Crippen LogP contribution in [0.25, 0.3) is 0 Å². The molecule has 0 saturated heterocycles. The minimum atomic E-state index is -3.69. The van der Waals surface area contributed by atoms with Crippen molar-refractivity contribution in [1.29, 1.82) is 0 Å². The summed E-state index contributed by atoms with van der Waals surface area (Å²) < 4.78 is 32.8. The minimum absolute atomic E-state index is 0.0308. The summed E-state index contributed by atoms with van der Waals surface area (Å²) >= 11 is 0. The van der Waals surface area contributed by atoms with Crippen LogP contribution in [0.1, 0.15) is 52.5 Å². The van der Waals surface area contributed by atoms with Gasteiger partial charge in [0.05, 0.1) is 23.7 Å². The normalized spacial score (nSPS) is 18.0. The third-order valence-electron chi connectivity index (χ3n) is 6.04. The molecule has 0 bridgehead atoms. The third kappa shape index (κ3) is 4.03. The summed E-state index contributed by atoms with van der Waals surface area (Å²) in [6.07, 6.45) is 5.46. The van der Waals surface area contributed by atoms with E-state index in [2.05, 4.69) is 16.9 Å². The molecular formula is C24H24N2O4S. The molecule has 6 nitrogen and oxygen atoms in total. The molecule has 160 valence electrons. The van der Waals surface area contributed by atoms with Crippen LogP contribution < -0.4 is 4.72 Å². The van der Waals surface area contributed by atoms with Gasteiger partial charge in [-0.25, -0.2) is 13.1 Å². The molecule has 1 heterocycles. The number of rotatable bonds is 7. The predicted octanol–water partition coefficient (Wildman–Crippen LogP) is 4.05. The maximum absolute atomic E-state index is 13.4. The van der Waals surface area contributed by atoms with Crippen LogP contribution in [0.2, 0.25) is 0 Å². The molecule has 1 aromatic heterocycles. The zero-order chi connectivity index (χ0) is 21.4. The van der Waals surface area contributed by atoms with Crippen LogP contribution in [0.5, 0.6) is 0 Å². The van der Waals surface area contributed by atoms with E-state index in [0.717, 1.165) is 25.7 Å². The summed E-state index contributed by atoms with van der Waals surface area (Å²) in [7, 11) is -3.69. The molecule has 5 rings (SSSR count). The van der Waals surface area contributed by atoms with Crippen molar-refractivity contribution in [2.45, 2.75) is 49.2 Å². The topological polar surface area (TPSA) is 79.6 Å². The Bertz CT molecular complexity index is 1180. The molecule has 1 N–H and O–H groups in total. The Morgan fingerprint density at radius 2 is 1.77 bits per heavy atom. The van der Waals surface area contributed by atoms with Crippen LogP contribution in [-0.2, 0) is 23.0 Å². The molecule has 31 heavy (non-hydrogen) atoms. The summed E-state index contributed by atoms with van der Waals surface area (Å²) in [6.45, 7) is 0.0760. The largest absolute Gasteiger partial charge is 0.468 e. The van der Waals surface area contributed by atoms with E-state index < -0.39 is 10.0 Å². The first-order valence-electron chi connectivity index (χ1n) is 10.6. The highest BCUT2D eigenvalue weighted by atomic mass is 32.2. The monoisotopic (exact) mass is 436 g/mol. The Kier molecular flexibility index (Phi) is 5.16. The second-order valence-corrected chi connectivity index (χ2v) is 9.89. The Hall–Kier alpha value is -2.90. The zero-order valence-corrected chi connectivity index (χ0v) is 17.8. The summed E-state index contributed by atoms with van der Waals surface area (Å²) in [5, 5.41) is 0. The Balaban J connectivity index is 1.34. The number of hydrogen-bond acceptors (Lipinski definition) is 4. The molecule has 2 aromatic carbocycles. The SMILES string of the molecule is O=C(c1ccc(S(=O)(=O)NCc2ccco2)cc1)N(C1CC1)C1CCc2ccccc21. The van der Waals surface area contributed by atoms with Crippen LogP contribution in [0, 0.1) is 0 Å². The zero-order valence-electron chi connectivity index (χ0n) is 17.0. The number of hydrogen-bond donors (Lipinski definition) is 1. The van der Waals surface area contributed by atoms with Gasteiger partial charge in [-0.1, -0.05) is 24.3 Å².